The zero-order valence-corrected chi connectivity index (χ0v) is 10.0. The number of carbonyl (C=O) groups excluding carboxylic acids is 2. The van der Waals surface area contributed by atoms with Crippen LogP contribution in [0.2, 0.25) is 0 Å². The number of rotatable bonds is 2. The summed E-state index contributed by atoms with van der Waals surface area (Å²) >= 11 is 3.21. The molecule has 4 nitrogen and oxygen atoms in total. The van der Waals surface area contributed by atoms with Gasteiger partial charge in [-0.25, -0.2) is 9.79 Å². The van der Waals surface area contributed by atoms with Crippen LogP contribution in [0, 0.1) is 0 Å². The molecule has 0 spiro atoms. The van der Waals surface area contributed by atoms with Gasteiger partial charge in [0.15, 0.2) is 0 Å². The lowest BCUT2D eigenvalue weighted by Crippen LogP contribution is -2.50. The number of carbonyl (C=O) groups is 2. The van der Waals surface area contributed by atoms with Crippen LogP contribution in [0.1, 0.15) is 27.2 Å². The molecule has 0 radical (unpaired) electrons. The van der Waals surface area contributed by atoms with Gasteiger partial charge in [-0.3, -0.25) is 9.69 Å². The highest BCUT2D eigenvalue weighted by Gasteiger charge is 2.35. The van der Waals surface area contributed by atoms with Gasteiger partial charge in [0.05, 0.1) is 0 Å². The quantitative estimate of drug-likeness (QED) is 0.713. The monoisotopic (exact) mass is 260 g/mol. The van der Waals surface area contributed by atoms with Crippen molar-refractivity contribution < 1.29 is 9.59 Å². The van der Waals surface area contributed by atoms with E-state index in [4.69, 9.17) is 0 Å². The smallest absolute Gasteiger partial charge is 0.273 e. The topological polar surface area (TPSA) is 49.7 Å². The highest BCUT2D eigenvalue weighted by atomic mass is 79.9. The van der Waals surface area contributed by atoms with Crippen molar-refractivity contribution in [2.45, 2.75) is 38.1 Å². The van der Waals surface area contributed by atoms with Crippen LogP contribution >= 0.6 is 15.9 Å². The number of alkyl halides is 1. The van der Waals surface area contributed by atoms with Crippen molar-refractivity contribution in [2.75, 3.05) is 0 Å². The molecule has 1 aliphatic rings. The Morgan fingerprint density at radius 3 is 2.64 bits per heavy atom. The summed E-state index contributed by atoms with van der Waals surface area (Å²) in [5.74, 6) is -0.211. The summed E-state index contributed by atoms with van der Waals surface area (Å²) in [6.07, 6.45) is 0.742. The van der Waals surface area contributed by atoms with E-state index in [0.717, 1.165) is 6.42 Å². The zero-order chi connectivity index (χ0) is 10.9. The Hall–Kier alpha value is -0.710. The summed E-state index contributed by atoms with van der Waals surface area (Å²) < 4.78 is 0. The molecule has 78 valence electrons. The van der Waals surface area contributed by atoms with Gasteiger partial charge in [0.1, 0.15) is 4.83 Å². The average Bonchev–Trinajstić information content (AvgIpc) is 2.14. The summed E-state index contributed by atoms with van der Waals surface area (Å²) in [7, 11) is 0. The molecule has 0 fully saturated rings. The number of hydrogen-bond donors (Lipinski definition) is 0. The first kappa shape index (κ1) is 11.4. The predicted molar refractivity (Wildman–Crippen MR) is 57.8 cm³/mol. The molecular formula is C9H13BrN2O2. The first-order valence-corrected chi connectivity index (χ1v) is 5.46. The molecule has 0 aromatic rings. The highest BCUT2D eigenvalue weighted by molar-refractivity contribution is 9.10. The highest BCUT2D eigenvalue weighted by Crippen LogP contribution is 2.18. The van der Waals surface area contributed by atoms with E-state index in [0.29, 0.717) is 5.71 Å². The summed E-state index contributed by atoms with van der Waals surface area (Å²) in [4.78, 5) is 27.7. The van der Waals surface area contributed by atoms with E-state index in [1.165, 1.54) is 4.90 Å². The van der Waals surface area contributed by atoms with Crippen molar-refractivity contribution in [3.05, 3.63) is 0 Å². The molecule has 2 unspecified atom stereocenters. The van der Waals surface area contributed by atoms with E-state index >= 15 is 0 Å². The first-order valence-electron chi connectivity index (χ1n) is 4.55. The molecule has 0 aliphatic carbocycles. The minimum absolute atomic E-state index is 0.0908. The fourth-order valence-corrected chi connectivity index (χ4v) is 1.57. The molecule has 5 heteroatoms. The summed E-state index contributed by atoms with van der Waals surface area (Å²) in [5.41, 5.74) is 0.527. The second-order valence-corrected chi connectivity index (χ2v) is 4.28. The zero-order valence-electron chi connectivity index (χ0n) is 8.45. The predicted octanol–water partition coefficient (Wildman–Crippen LogP) is 1.97. The Morgan fingerprint density at radius 1 is 1.57 bits per heavy atom. The van der Waals surface area contributed by atoms with Gasteiger partial charge in [0.2, 0.25) is 5.91 Å². The van der Waals surface area contributed by atoms with E-state index in [1.54, 1.807) is 6.92 Å². The number of halogens is 1. The summed E-state index contributed by atoms with van der Waals surface area (Å²) in [5, 5.41) is 0. The lowest BCUT2D eigenvalue weighted by molar-refractivity contribution is -0.128. The Morgan fingerprint density at radius 2 is 2.14 bits per heavy atom. The van der Waals surface area contributed by atoms with Gasteiger partial charge in [0, 0.05) is 11.8 Å². The second kappa shape index (κ2) is 4.21. The van der Waals surface area contributed by atoms with Gasteiger partial charge in [-0.15, -0.1) is 0 Å². The fourth-order valence-electron chi connectivity index (χ4n) is 1.24. The van der Waals surface area contributed by atoms with Crippen LogP contribution in [0.5, 0.6) is 0 Å². The van der Waals surface area contributed by atoms with E-state index in [1.807, 2.05) is 13.8 Å². The van der Waals surface area contributed by atoms with Crippen LogP contribution < -0.4 is 0 Å². The van der Waals surface area contributed by atoms with E-state index in [2.05, 4.69) is 20.9 Å². The van der Waals surface area contributed by atoms with Gasteiger partial charge in [-0.2, -0.15) is 0 Å². The lowest BCUT2D eigenvalue weighted by Gasteiger charge is -2.30. The number of amides is 3. The SMILES string of the molecule is CCC(C)N1C(=O)N=C(C)C(Br)C1=O. The minimum Gasteiger partial charge on any atom is -0.273 e. The molecule has 0 saturated heterocycles. The Balaban J connectivity index is 2.99. The molecular weight excluding hydrogens is 248 g/mol. The van der Waals surface area contributed by atoms with Gasteiger partial charge in [-0.1, -0.05) is 22.9 Å². The number of urea groups is 1. The third kappa shape index (κ3) is 1.87. The van der Waals surface area contributed by atoms with Crippen LogP contribution in [-0.4, -0.2) is 33.4 Å². The van der Waals surface area contributed by atoms with E-state index in [-0.39, 0.29) is 11.9 Å². The number of hydrogen-bond acceptors (Lipinski definition) is 2. The molecule has 14 heavy (non-hydrogen) atoms. The Labute approximate surface area is 91.5 Å². The molecule has 0 aromatic heterocycles. The molecule has 3 amide bonds. The lowest BCUT2D eigenvalue weighted by atomic mass is 10.1. The van der Waals surface area contributed by atoms with Crippen molar-refractivity contribution in [3.63, 3.8) is 0 Å². The maximum atomic E-state index is 11.7. The maximum absolute atomic E-state index is 11.7. The van der Waals surface area contributed by atoms with Crippen molar-refractivity contribution >= 4 is 33.6 Å². The normalized spacial score (nSPS) is 25.0. The molecule has 0 saturated carbocycles. The molecule has 1 heterocycles. The number of nitrogens with zero attached hydrogens (tertiary/aromatic N) is 2. The second-order valence-electron chi connectivity index (χ2n) is 3.36. The Kier molecular flexibility index (Phi) is 3.42. The van der Waals surface area contributed by atoms with Crippen LogP contribution in [-0.2, 0) is 4.79 Å². The van der Waals surface area contributed by atoms with E-state index < -0.39 is 10.9 Å². The standard InChI is InChI=1S/C9H13BrN2O2/c1-4-5(2)12-8(13)7(10)6(3)11-9(12)14/h5,7H,4H2,1-3H3. The number of aliphatic imine (C=N–C) groups is 1. The van der Waals surface area contributed by atoms with Crippen LogP contribution in [0.3, 0.4) is 0 Å². The van der Waals surface area contributed by atoms with E-state index in [9.17, 15) is 9.59 Å². The fraction of sp³-hybridized carbons (Fsp3) is 0.667. The van der Waals surface area contributed by atoms with Gasteiger partial charge >= 0.3 is 6.03 Å². The molecule has 0 bridgehead atoms. The van der Waals surface area contributed by atoms with Crippen LogP contribution in [0.15, 0.2) is 4.99 Å². The molecule has 0 aromatic carbocycles. The molecule has 2 atom stereocenters. The van der Waals surface area contributed by atoms with Crippen molar-refractivity contribution in [1.82, 2.24) is 4.90 Å². The van der Waals surface area contributed by atoms with Gasteiger partial charge < -0.3 is 0 Å². The largest absolute Gasteiger partial charge is 0.350 e. The molecule has 1 aliphatic heterocycles. The van der Waals surface area contributed by atoms with Crippen molar-refractivity contribution in [2.24, 2.45) is 4.99 Å². The minimum atomic E-state index is -0.450. The average molecular weight is 261 g/mol. The van der Waals surface area contributed by atoms with Crippen molar-refractivity contribution in [3.8, 4) is 0 Å². The molecule has 0 N–H and O–H groups in total. The van der Waals surface area contributed by atoms with Crippen molar-refractivity contribution in [1.29, 1.82) is 0 Å². The van der Waals surface area contributed by atoms with Crippen LogP contribution in [0.4, 0.5) is 4.79 Å². The van der Waals surface area contributed by atoms with Gasteiger partial charge in [-0.05, 0) is 20.3 Å². The summed E-state index contributed by atoms with van der Waals surface area (Å²) in [6, 6.07) is -0.538. The third-order valence-corrected chi connectivity index (χ3v) is 3.38. The van der Waals surface area contributed by atoms with Crippen LogP contribution in [0.25, 0.3) is 0 Å². The summed E-state index contributed by atoms with van der Waals surface area (Å²) in [6.45, 7) is 5.44. The maximum Gasteiger partial charge on any atom is 0.350 e. The molecule has 1 rings (SSSR count). The Bertz CT molecular complexity index is 301. The van der Waals surface area contributed by atoms with Gasteiger partial charge in [0.25, 0.3) is 0 Å². The third-order valence-electron chi connectivity index (χ3n) is 2.33. The first-order chi connectivity index (χ1) is 6.49. The number of imide groups is 1.